The molecule has 0 radical (unpaired) electrons. The van der Waals surface area contributed by atoms with Gasteiger partial charge in [0.05, 0.1) is 0 Å². The number of carbonyl (C=O) groups excluding carboxylic acids is 2. The Kier molecular flexibility index (Phi) is 5.80. The predicted octanol–water partition coefficient (Wildman–Crippen LogP) is 5.22. The molecule has 0 bridgehead atoms. The summed E-state index contributed by atoms with van der Waals surface area (Å²) in [6.45, 7) is 1.84. The predicted molar refractivity (Wildman–Crippen MR) is 128 cm³/mol. The summed E-state index contributed by atoms with van der Waals surface area (Å²) in [7, 11) is 0. The van der Waals surface area contributed by atoms with Gasteiger partial charge in [-0.15, -0.1) is 0 Å². The average Bonchev–Trinajstić information content (AvgIpc) is 2.84. The lowest BCUT2D eigenvalue weighted by Gasteiger charge is -2.37. The van der Waals surface area contributed by atoms with Crippen molar-refractivity contribution in [3.63, 3.8) is 0 Å². The van der Waals surface area contributed by atoms with Crippen LogP contribution in [0.4, 0.5) is 10.1 Å². The van der Waals surface area contributed by atoms with Gasteiger partial charge in [0.25, 0.3) is 5.91 Å². The molecule has 0 saturated carbocycles. The number of nitrogens with one attached hydrogen (secondary N) is 2. The van der Waals surface area contributed by atoms with Crippen molar-refractivity contribution in [2.45, 2.75) is 31.6 Å². The lowest BCUT2D eigenvalue weighted by atomic mass is 9.72. The molecule has 2 heterocycles. The summed E-state index contributed by atoms with van der Waals surface area (Å²) in [6, 6.07) is 19.5. The molecule has 6 heteroatoms. The molecule has 3 aromatic rings. The highest BCUT2D eigenvalue weighted by Crippen LogP contribution is 2.45. The largest absolute Gasteiger partial charge is 0.362 e. The number of rotatable bonds is 4. The van der Waals surface area contributed by atoms with Crippen molar-refractivity contribution in [2.75, 3.05) is 5.32 Å². The van der Waals surface area contributed by atoms with E-state index in [0.717, 1.165) is 16.8 Å². The number of hydrogen-bond acceptors (Lipinski definition) is 4. The fourth-order valence-corrected chi connectivity index (χ4v) is 4.95. The zero-order chi connectivity index (χ0) is 23.7. The fraction of sp³-hybridized carbons (Fsp3) is 0.179. The van der Waals surface area contributed by atoms with E-state index in [1.54, 1.807) is 30.6 Å². The minimum atomic E-state index is -0.553. The maximum atomic E-state index is 13.7. The van der Waals surface area contributed by atoms with Crippen LogP contribution in [0.3, 0.4) is 0 Å². The van der Waals surface area contributed by atoms with Crippen LogP contribution in [-0.2, 0) is 9.59 Å². The Morgan fingerprint density at radius 2 is 1.82 bits per heavy atom. The highest BCUT2D eigenvalue weighted by atomic mass is 19.1. The molecular formula is C28H24FN3O2. The van der Waals surface area contributed by atoms with E-state index >= 15 is 0 Å². The van der Waals surface area contributed by atoms with Gasteiger partial charge in [0.1, 0.15) is 5.82 Å². The summed E-state index contributed by atoms with van der Waals surface area (Å²) < 4.78 is 13.7. The molecule has 1 aliphatic carbocycles. The number of ketones is 1. The average molecular weight is 454 g/mol. The first-order chi connectivity index (χ1) is 16.5. The third kappa shape index (κ3) is 4.15. The third-order valence-electron chi connectivity index (χ3n) is 6.44. The van der Waals surface area contributed by atoms with E-state index in [2.05, 4.69) is 15.6 Å². The second-order valence-corrected chi connectivity index (χ2v) is 8.68. The smallest absolute Gasteiger partial charge is 0.254 e. The summed E-state index contributed by atoms with van der Waals surface area (Å²) in [4.78, 5) is 31.2. The topological polar surface area (TPSA) is 71.1 Å². The van der Waals surface area contributed by atoms with Gasteiger partial charge < -0.3 is 10.6 Å². The van der Waals surface area contributed by atoms with Crippen molar-refractivity contribution in [3.8, 4) is 0 Å². The monoisotopic (exact) mass is 453 g/mol. The van der Waals surface area contributed by atoms with E-state index in [1.807, 2.05) is 43.3 Å². The van der Waals surface area contributed by atoms with Gasteiger partial charge >= 0.3 is 0 Å². The molecule has 0 spiro atoms. The quantitative estimate of drug-likeness (QED) is 0.568. The van der Waals surface area contributed by atoms with E-state index in [9.17, 15) is 14.0 Å². The molecule has 1 aliphatic heterocycles. The Labute approximate surface area is 197 Å². The lowest BCUT2D eigenvalue weighted by Crippen LogP contribution is -2.37. The SMILES string of the molecule is CC1=C(C(=O)Nc2cccc(F)c2)[C@H](c2cccnc2)C2=C(C[C@H](c3ccccc3)CC2=O)N1. The number of pyridine rings is 1. The summed E-state index contributed by atoms with van der Waals surface area (Å²) in [6.07, 6.45) is 4.41. The van der Waals surface area contributed by atoms with Crippen LogP contribution in [0, 0.1) is 5.82 Å². The van der Waals surface area contributed by atoms with Crippen LogP contribution in [-0.4, -0.2) is 16.7 Å². The normalized spacial score (nSPS) is 20.0. The number of anilines is 1. The number of hydrogen-bond donors (Lipinski definition) is 2. The zero-order valence-electron chi connectivity index (χ0n) is 18.7. The van der Waals surface area contributed by atoms with Crippen LogP contribution in [0.5, 0.6) is 0 Å². The van der Waals surface area contributed by atoms with E-state index in [0.29, 0.717) is 35.4 Å². The number of aromatic nitrogens is 1. The van der Waals surface area contributed by atoms with Crippen molar-refractivity contribution in [2.24, 2.45) is 0 Å². The highest BCUT2D eigenvalue weighted by Gasteiger charge is 2.41. The molecule has 0 unspecified atom stereocenters. The van der Waals surface area contributed by atoms with Gasteiger partial charge in [-0.3, -0.25) is 14.6 Å². The number of benzene rings is 2. The molecule has 2 atom stereocenters. The number of nitrogens with zero attached hydrogens (tertiary/aromatic N) is 1. The fourth-order valence-electron chi connectivity index (χ4n) is 4.95. The standard InChI is InChI=1S/C28H24FN3O2/c1-17-25(28(34)32-22-11-5-10-21(29)15-22)26(19-9-6-12-30-16-19)27-23(31-17)13-20(14-24(27)33)18-7-3-2-4-8-18/h2-12,15-16,20,26,31H,13-14H2,1H3,(H,32,34)/t20-,26-/m0/s1. The van der Waals surface area contributed by atoms with Crippen molar-refractivity contribution >= 4 is 17.4 Å². The molecule has 0 saturated heterocycles. The van der Waals surface area contributed by atoms with Gasteiger partial charge in [0, 0.05) is 53.0 Å². The van der Waals surface area contributed by atoms with Gasteiger partial charge in [-0.1, -0.05) is 42.5 Å². The zero-order valence-corrected chi connectivity index (χ0v) is 18.7. The summed E-state index contributed by atoms with van der Waals surface area (Å²) in [5.74, 6) is -1.28. The lowest BCUT2D eigenvalue weighted by molar-refractivity contribution is -0.116. The summed E-state index contributed by atoms with van der Waals surface area (Å²) >= 11 is 0. The van der Waals surface area contributed by atoms with Crippen LogP contribution in [0.25, 0.3) is 0 Å². The molecule has 2 N–H and O–H groups in total. The van der Waals surface area contributed by atoms with Gasteiger partial charge in [-0.05, 0) is 54.7 Å². The van der Waals surface area contributed by atoms with Crippen LogP contribution < -0.4 is 10.6 Å². The van der Waals surface area contributed by atoms with Gasteiger partial charge in [-0.25, -0.2) is 4.39 Å². The molecule has 1 amide bonds. The number of Topliss-reactive ketones (excluding diaryl/α,β-unsaturated/α-hetero) is 1. The second-order valence-electron chi connectivity index (χ2n) is 8.68. The van der Waals surface area contributed by atoms with Crippen LogP contribution in [0.15, 0.2) is 102 Å². The first kappa shape index (κ1) is 21.8. The third-order valence-corrected chi connectivity index (χ3v) is 6.44. The number of amides is 1. The molecule has 2 aromatic carbocycles. The second kappa shape index (κ2) is 9.06. The number of halogens is 1. The number of dihydropyridines is 1. The Hall–Kier alpha value is -4.06. The number of allylic oxidation sites excluding steroid dienone is 3. The van der Waals surface area contributed by atoms with Crippen molar-refractivity contribution in [1.82, 2.24) is 10.3 Å². The molecule has 0 fully saturated rings. The maximum Gasteiger partial charge on any atom is 0.254 e. The summed E-state index contributed by atoms with van der Waals surface area (Å²) in [5.41, 5.74) is 4.80. The Morgan fingerprint density at radius 3 is 2.56 bits per heavy atom. The van der Waals surface area contributed by atoms with Crippen LogP contribution in [0.2, 0.25) is 0 Å². The minimum Gasteiger partial charge on any atom is -0.362 e. The molecular weight excluding hydrogens is 429 g/mol. The first-order valence-corrected chi connectivity index (χ1v) is 11.3. The van der Waals surface area contributed by atoms with Gasteiger partial charge in [0.2, 0.25) is 0 Å². The van der Waals surface area contributed by atoms with E-state index < -0.39 is 11.7 Å². The van der Waals surface area contributed by atoms with Gasteiger partial charge in [0.15, 0.2) is 5.78 Å². The minimum absolute atomic E-state index is 0.0139. The van der Waals surface area contributed by atoms with Gasteiger partial charge in [-0.2, -0.15) is 0 Å². The van der Waals surface area contributed by atoms with Crippen LogP contribution >= 0.6 is 0 Å². The van der Waals surface area contributed by atoms with E-state index in [-0.39, 0.29) is 17.6 Å². The first-order valence-electron chi connectivity index (χ1n) is 11.3. The van der Waals surface area contributed by atoms with Crippen molar-refractivity contribution < 1.29 is 14.0 Å². The molecule has 1 aromatic heterocycles. The molecule has 5 rings (SSSR count). The molecule has 170 valence electrons. The highest BCUT2D eigenvalue weighted by molar-refractivity contribution is 6.10. The number of carbonyl (C=O) groups is 2. The molecule has 2 aliphatic rings. The Bertz CT molecular complexity index is 1320. The van der Waals surface area contributed by atoms with Crippen molar-refractivity contribution in [3.05, 3.63) is 119 Å². The van der Waals surface area contributed by atoms with Crippen molar-refractivity contribution in [1.29, 1.82) is 0 Å². The molecule has 5 nitrogen and oxygen atoms in total. The maximum absolute atomic E-state index is 13.7. The Balaban J connectivity index is 1.55. The van der Waals surface area contributed by atoms with E-state index in [4.69, 9.17) is 0 Å². The van der Waals surface area contributed by atoms with E-state index in [1.165, 1.54) is 12.1 Å². The molecule has 34 heavy (non-hydrogen) atoms. The van der Waals surface area contributed by atoms with Crippen LogP contribution in [0.1, 0.15) is 42.7 Å². The Morgan fingerprint density at radius 1 is 1.03 bits per heavy atom. The summed E-state index contributed by atoms with van der Waals surface area (Å²) in [5, 5.41) is 6.16.